The minimum atomic E-state index is -0.321. The SMILES string of the molecule is CC1(C(=O)N2CCC(N3CCOCC3)C2)CCCCN1. The van der Waals surface area contributed by atoms with Crippen LogP contribution in [0.1, 0.15) is 32.6 Å². The van der Waals surface area contributed by atoms with E-state index in [0.29, 0.717) is 11.9 Å². The van der Waals surface area contributed by atoms with Gasteiger partial charge in [0, 0.05) is 32.2 Å². The van der Waals surface area contributed by atoms with Crippen LogP contribution in [-0.2, 0) is 9.53 Å². The van der Waals surface area contributed by atoms with Gasteiger partial charge in [0.15, 0.2) is 0 Å². The smallest absolute Gasteiger partial charge is 0.242 e. The van der Waals surface area contributed by atoms with Crippen LogP contribution in [0.5, 0.6) is 0 Å². The molecule has 0 aliphatic carbocycles. The van der Waals surface area contributed by atoms with E-state index in [4.69, 9.17) is 4.74 Å². The van der Waals surface area contributed by atoms with Crippen molar-refractivity contribution >= 4 is 5.91 Å². The van der Waals surface area contributed by atoms with Gasteiger partial charge in [0.05, 0.1) is 18.8 Å². The molecule has 0 aromatic carbocycles. The highest BCUT2D eigenvalue weighted by molar-refractivity contribution is 5.86. The van der Waals surface area contributed by atoms with Gasteiger partial charge in [-0.1, -0.05) is 0 Å². The Morgan fingerprint density at radius 2 is 2.05 bits per heavy atom. The summed E-state index contributed by atoms with van der Waals surface area (Å²) < 4.78 is 5.41. The highest BCUT2D eigenvalue weighted by Crippen LogP contribution is 2.25. The number of likely N-dealkylation sites (tertiary alicyclic amines) is 1. The molecule has 1 amide bonds. The Labute approximate surface area is 121 Å². The van der Waals surface area contributed by atoms with Crippen LogP contribution in [0.25, 0.3) is 0 Å². The van der Waals surface area contributed by atoms with Crippen molar-refractivity contribution in [3.05, 3.63) is 0 Å². The van der Waals surface area contributed by atoms with Crippen LogP contribution in [0.3, 0.4) is 0 Å². The van der Waals surface area contributed by atoms with Crippen LogP contribution in [0, 0.1) is 0 Å². The first kappa shape index (κ1) is 14.3. The molecule has 0 radical (unpaired) electrons. The van der Waals surface area contributed by atoms with Gasteiger partial charge in [-0.15, -0.1) is 0 Å². The summed E-state index contributed by atoms with van der Waals surface area (Å²) in [6.07, 6.45) is 4.45. The lowest BCUT2D eigenvalue weighted by atomic mass is 9.89. The van der Waals surface area contributed by atoms with Crippen LogP contribution in [0.15, 0.2) is 0 Å². The van der Waals surface area contributed by atoms with Crippen LogP contribution < -0.4 is 5.32 Å². The van der Waals surface area contributed by atoms with Gasteiger partial charge in [0.1, 0.15) is 0 Å². The van der Waals surface area contributed by atoms with Crippen LogP contribution in [0.4, 0.5) is 0 Å². The van der Waals surface area contributed by atoms with Crippen LogP contribution >= 0.6 is 0 Å². The van der Waals surface area contributed by atoms with E-state index in [2.05, 4.69) is 22.0 Å². The molecule has 3 saturated heterocycles. The Bertz CT molecular complexity index is 349. The quantitative estimate of drug-likeness (QED) is 0.798. The first-order chi connectivity index (χ1) is 9.69. The van der Waals surface area contributed by atoms with Crippen molar-refractivity contribution in [1.29, 1.82) is 0 Å². The van der Waals surface area contributed by atoms with Crippen molar-refractivity contribution in [3.63, 3.8) is 0 Å². The molecular weight excluding hydrogens is 254 g/mol. The number of piperidine rings is 1. The maximum Gasteiger partial charge on any atom is 0.242 e. The summed E-state index contributed by atoms with van der Waals surface area (Å²) in [4.78, 5) is 17.3. The second-order valence-corrected chi connectivity index (χ2v) is 6.56. The molecule has 5 heteroatoms. The van der Waals surface area contributed by atoms with Gasteiger partial charge >= 0.3 is 0 Å². The maximum absolute atomic E-state index is 12.8. The standard InChI is InChI=1S/C15H27N3O2/c1-15(5-2-3-6-16-15)14(19)18-7-4-13(12-18)17-8-10-20-11-9-17/h13,16H,2-12H2,1H3. The molecule has 3 fully saturated rings. The van der Waals surface area contributed by atoms with Crippen molar-refractivity contribution in [2.75, 3.05) is 45.9 Å². The van der Waals surface area contributed by atoms with Crippen molar-refractivity contribution in [3.8, 4) is 0 Å². The Morgan fingerprint density at radius 3 is 2.75 bits per heavy atom. The molecule has 2 unspecified atom stereocenters. The number of ether oxygens (including phenoxy) is 1. The number of carbonyl (C=O) groups excluding carboxylic acids is 1. The zero-order chi connectivity index (χ0) is 14.0. The Kier molecular flexibility index (Phi) is 4.29. The number of amides is 1. The monoisotopic (exact) mass is 281 g/mol. The van der Waals surface area contributed by atoms with Gasteiger partial charge in [0.2, 0.25) is 5.91 Å². The summed E-state index contributed by atoms with van der Waals surface area (Å²) in [6.45, 7) is 8.58. The van der Waals surface area contributed by atoms with E-state index in [1.54, 1.807) is 0 Å². The minimum Gasteiger partial charge on any atom is -0.379 e. The second-order valence-electron chi connectivity index (χ2n) is 6.56. The van der Waals surface area contributed by atoms with Gasteiger partial charge in [0.25, 0.3) is 0 Å². The first-order valence-corrected chi connectivity index (χ1v) is 8.05. The van der Waals surface area contributed by atoms with Crippen molar-refractivity contribution in [1.82, 2.24) is 15.1 Å². The molecule has 0 aromatic heterocycles. The van der Waals surface area contributed by atoms with Gasteiger partial charge in [-0.3, -0.25) is 9.69 Å². The zero-order valence-electron chi connectivity index (χ0n) is 12.6. The molecule has 3 aliphatic rings. The van der Waals surface area contributed by atoms with E-state index in [1.165, 1.54) is 6.42 Å². The predicted molar refractivity (Wildman–Crippen MR) is 77.6 cm³/mol. The average Bonchev–Trinajstić information content (AvgIpc) is 2.98. The number of hydrogen-bond acceptors (Lipinski definition) is 4. The second kappa shape index (κ2) is 6.00. The van der Waals surface area contributed by atoms with E-state index in [1.807, 2.05) is 0 Å². The number of rotatable bonds is 2. The summed E-state index contributed by atoms with van der Waals surface area (Å²) in [5.41, 5.74) is -0.321. The molecule has 2 atom stereocenters. The first-order valence-electron chi connectivity index (χ1n) is 8.05. The molecular formula is C15H27N3O2. The number of morpholine rings is 1. The lowest BCUT2D eigenvalue weighted by Crippen LogP contribution is -2.58. The predicted octanol–water partition coefficient (Wildman–Crippen LogP) is 0.452. The Balaban J connectivity index is 1.57. The van der Waals surface area contributed by atoms with Crippen molar-refractivity contribution in [2.24, 2.45) is 0 Å². The zero-order valence-corrected chi connectivity index (χ0v) is 12.6. The van der Waals surface area contributed by atoms with E-state index in [0.717, 1.165) is 65.2 Å². The molecule has 3 heterocycles. The third-order valence-electron chi connectivity index (χ3n) is 5.10. The fraction of sp³-hybridized carbons (Fsp3) is 0.933. The van der Waals surface area contributed by atoms with Crippen LogP contribution in [0.2, 0.25) is 0 Å². The summed E-state index contributed by atoms with van der Waals surface area (Å²) in [5.74, 6) is 0.313. The Hall–Kier alpha value is -0.650. The topological polar surface area (TPSA) is 44.8 Å². The molecule has 114 valence electrons. The number of nitrogens with zero attached hydrogens (tertiary/aromatic N) is 2. The molecule has 0 saturated carbocycles. The third kappa shape index (κ3) is 2.85. The molecule has 0 aromatic rings. The summed E-state index contributed by atoms with van der Waals surface area (Å²) in [7, 11) is 0. The van der Waals surface area contributed by atoms with Gasteiger partial charge in [-0.05, 0) is 39.2 Å². The van der Waals surface area contributed by atoms with E-state index < -0.39 is 0 Å². The normalized spacial score (nSPS) is 36.2. The maximum atomic E-state index is 12.8. The van der Waals surface area contributed by atoms with Crippen LogP contribution in [-0.4, -0.2) is 73.2 Å². The minimum absolute atomic E-state index is 0.313. The lowest BCUT2D eigenvalue weighted by molar-refractivity contribution is -0.137. The molecule has 0 spiro atoms. The highest BCUT2D eigenvalue weighted by atomic mass is 16.5. The third-order valence-corrected chi connectivity index (χ3v) is 5.10. The van der Waals surface area contributed by atoms with E-state index >= 15 is 0 Å². The van der Waals surface area contributed by atoms with Gasteiger partial charge in [-0.25, -0.2) is 0 Å². The van der Waals surface area contributed by atoms with E-state index in [9.17, 15) is 4.79 Å². The molecule has 3 rings (SSSR count). The Morgan fingerprint density at radius 1 is 1.25 bits per heavy atom. The molecule has 0 bridgehead atoms. The fourth-order valence-corrected chi connectivity index (χ4v) is 3.75. The molecule has 20 heavy (non-hydrogen) atoms. The summed E-state index contributed by atoms with van der Waals surface area (Å²) >= 11 is 0. The number of nitrogens with one attached hydrogen (secondary N) is 1. The largest absolute Gasteiger partial charge is 0.379 e. The average molecular weight is 281 g/mol. The summed E-state index contributed by atoms with van der Waals surface area (Å²) in [5, 5.41) is 3.44. The van der Waals surface area contributed by atoms with E-state index in [-0.39, 0.29) is 5.54 Å². The lowest BCUT2D eigenvalue weighted by Gasteiger charge is -2.37. The fourth-order valence-electron chi connectivity index (χ4n) is 3.75. The van der Waals surface area contributed by atoms with Crippen molar-refractivity contribution in [2.45, 2.75) is 44.2 Å². The van der Waals surface area contributed by atoms with Crippen molar-refractivity contribution < 1.29 is 9.53 Å². The number of carbonyl (C=O) groups is 1. The van der Waals surface area contributed by atoms with Gasteiger partial charge < -0.3 is 15.0 Å². The summed E-state index contributed by atoms with van der Waals surface area (Å²) in [6, 6.07) is 0.537. The van der Waals surface area contributed by atoms with Gasteiger partial charge in [-0.2, -0.15) is 0 Å². The number of hydrogen-bond donors (Lipinski definition) is 1. The molecule has 5 nitrogen and oxygen atoms in total. The molecule has 1 N–H and O–H groups in total. The highest BCUT2D eigenvalue weighted by Gasteiger charge is 2.40. The molecule has 3 aliphatic heterocycles.